The number of hydrogen-bond donors (Lipinski definition) is 2. The summed E-state index contributed by atoms with van der Waals surface area (Å²) in [5, 5.41) is 9.57. The Labute approximate surface area is 177 Å². The molecule has 0 aliphatic rings. The van der Waals surface area contributed by atoms with Crippen molar-refractivity contribution in [3.05, 3.63) is 54.4 Å². The summed E-state index contributed by atoms with van der Waals surface area (Å²) in [4.78, 5) is 19.2. The van der Waals surface area contributed by atoms with Gasteiger partial charge in [-0.25, -0.2) is 4.98 Å². The molecule has 0 spiro atoms. The van der Waals surface area contributed by atoms with Crippen LogP contribution in [0.1, 0.15) is 23.7 Å². The van der Waals surface area contributed by atoms with Crippen LogP contribution < -0.4 is 15.0 Å². The molecular weight excluding hydrogens is 416 g/mol. The highest BCUT2D eigenvalue weighted by Gasteiger charge is 2.27. The van der Waals surface area contributed by atoms with E-state index >= 15 is 0 Å². The maximum atomic E-state index is 12.7. The van der Waals surface area contributed by atoms with Crippen LogP contribution in [0.3, 0.4) is 0 Å². The van der Waals surface area contributed by atoms with E-state index in [-0.39, 0.29) is 5.75 Å². The van der Waals surface area contributed by atoms with Crippen molar-refractivity contribution in [1.82, 2.24) is 15.2 Å². The first-order valence-corrected chi connectivity index (χ1v) is 9.52. The Bertz CT molecular complexity index is 991. The first-order chi connectivity index (χ1) is 14.3. The van der Waals surface area contributed by atoms with Gasteiger partial charge in [0.15, 0.2) is 0 Å². The monoisotopic (exact) mass is 435 g/mol. The summed E-state index contributed by atoms with van der Waals surface area (Å²) in [6.07, 6.45) is 4.06. The molecule has 0 radical (unpaired) electrons. The Kier molecular flexibility index (Phi) is 6.51. The SMILES string of the molecule is CCCN(C)c1ncc(C(=O)Nc2ccc(OC(F)(F)Cl)cc2)cc1-c1ccn[nH]1. The van der Waals surface area contributed by atoms with E-state index in [2.05, 4.69) is 32.2 Å². The summed E-state index contributed by atoms with van der Waals surface area (Å²) in [6, 6.07) is 8.95. The number of carbonyl (C=O) groups excluding carboxylic acids is 1. The van der Waals surface area contributed by atoms with Gasteiger partial charge in [0.1, 0.15) is 11.6 Å². The number of nitrogens with zero attached hydrogens (tertiary/aromatic N) is 3. The third-order valence-electron chi connectivity index (χ3n) is 4.19. The van der Waals surface area contributed by atoms with Gasteiger partial charge in [-0.05, 0) is 42.8 Å². The maximum absolute atomic E-state index is 12.7. The second-order valence-corrected chi connectivity index (χ2v) is 6.95. The number of ether oxygens (including phenoxy) is 1. The third kappa shape index (κ3) is 5.44. The van der Waals surface area contributed by atoms with Gasteiger partial charge in [0.2, 0.25) is 0 Å². The summed E-state index contributed by atoms with van der Waals surface area (Å²) < 4.78 is 29.6. The summed E-state index contributed by atoms with van der Waals surface area (Å²) in [5.74, 6) is 0.199. The maximum Gasteiger partial charge on any atom is 0.487 e. The van der Waals surface area contributed by atoms with Crippen molar-refractivity contribution in [2.45, 2.75) is 18.9 Å². The predicted octanol–water partition coefficient (Wildman–Crippen LogP) is 4.74. The van der Waals surface area contributed by atoms with E-state index in [0.717, 1.165) is 30.0 Å². The molecule has 0 bridgehead atoms. The quantitative estimate of drug-likeness (QED) is 0.499. The molecule has 1 amide bonds. The Hall–Kier alpha value is -3.20. The van der Waals surface area contributed by atoms with E-state index in [1.54, 1.807) is 18.3 Å². The zero-order valence-electron chi connectivity index (χ0n) is 16.3. The van der Waals surface area contributed by atoms with Crippen molar-refractivity contribution >= 4 is 29.0 Å². The molecule has 158 valence electrons. The molecule has 30 heavy (non-hydrogen) atoms. The number of pyridine rings is 1. The van der Waals surface area contributed by atoms with Crippen LogP contribution >= 0.6 is 11.6 Å². The Morgan fingerprint density at radius 3 is 2.63 bits per heavy atom. The normalized spacial score (nSPS) is 11.2. The van der Waals surface area contributed by atoms with Gasteiger partial charge >= 0.3 is 5.57 Å². The number of anilines is 2. The number of alkyl halides is 3. The lowest BCUT2D eigenvalue weighted by atomic mass is 10.1. The molecule has 0 unspecified atom stereocenters. The van der Waals surface area contributed by atoms with Crippen LogP contribution in [0.4, 0.5) is 20.3 Å². The molecule has 0 saturated carbocycles. The molecule has 0 fully saturated rings. The van der Waals surface area contributed by atoms with Gasteiger partial charge in [0, 0.05) is 48.8 Å². The van der Waals surface area contributed by atoms with Crippen LogP contribution in [0.15, 0.2) is 48.8 Å². The van der Waals surface area contributed by atoms with Crippen molar-refractivity contribution in [2.75, 3.05) is 23.8 Å². The molecule has 2 heterocycles. The Morgan fingerprint density at radius 1 is 1.30 bits per heavy atom. The lowest BCUT2D eigenvalue weighted by Crippen LogP contribution is -2.21. The van der Waals surface area contributed by atoms with Crippen molar-refractivity contribution in [3.8, 4) is 17.0 Å². The number of aromatic nitrogens is 3. The van der Waals surface area contributed by atoms with E-state index in [0.29, 0.717) is 11.3 Å². The Morgan fingerprint density at radius 2 is 2.03 bits per heavy atom. The fourth-order valence-corrected chi connectivity index (χ4v) is 2.96. The van der Waals surface area contributed by atoms with Gasteiger partial charge in [-0.2, -0.15) is 5.10 Å². The van der Waals surface area contributed by atoms with Gasteiger partial charge in [-0.3, -0.25) is 9.89 Å². The van der Waals surface area contributed by atoms with Gasteiger partial charge < -0.3 is 15.0 Å². The topological polar surface area (TPSA) is 83.1 Å². The number of nitrogens with one attached hydrogen (secondary N) is 2. The molecular formula is C20H20ClF2N5O2. The molecule has 1 aromatic carbocycles. The summed E-state index contributed by atoms with van der Waals surface area (Å²) in [7, 11) is 1.93. The molecule has 0 atom stereocenters. The minimum atomic E-state index is -3.80. The summed E-state index contributed by atoms with van der Waals surface area (Å²) in [5.41, 5.74) is -1.59. The lowest BCUT2D eigenvalue weighted by Gasteiger charge is -2.20. The number of carbonyl (C=O) groups is 1. The highest BCUT2D eigenvalue weighted by atomic mass is 35.5. The second-order valence-electron chi connectivity index (χ2n) is 6.51. The van der Waals surface area contributed by atoms with Crippen molar-refractivity contribution in [3.63, 3.8) is 0 Å². The lowest BCUT2D eigenvalue weighted by molar-refractivity contribution is -0.0964. The van der Waals surface area contributed by atoms with Crippen molar-refractivity contribution in [1.29, 1.82) is 0 Å². The minimum absolute atomic E-state index is 0.125. The number of H-pyrrole nitrogens is 1. The number of rotatable bonds is 8. The zero-order chi connectivity index (χ0) is 21.7. The number of halogens is 3. The van der Waals surface area contributed by atoms with Crippen LogP contribution in [0.5, 0.6) is 5.75 Å². The molecule has 3 aromatic rings. The molecule has 0 saturated heterocycles. The van der Waals surface area contributed by atoms with Crippen LogP contribution in [0, 0.1) is 0 Å². The molecule has 0 aliphatic carbocycles. The van der Waals surface area contributed by atoms with Gasteiger partial charge in [0.05, 0.1) is 11.3 Å². The van der Waals surface area contributed by atoms with Crippen LogP contribution in [0.25, 0.3) is 11.3 Å². The predicted molar refractivity (Wildman–Crippen MR) is 111 cm³/mol. The van der Waals surface area contributed by atoms with Crippen molar-refractivity contribution in [2.24, 2.45) is 0 Å². The highest BCUT2D eigenvalue weighted by Crippen LogP contribution is 2.29. The van der Waals surface area contributed by atoms with Crippen LogP contribution in [-0.2, 0) is 0 Å². The van der Waals surface area contributed by atoms with E-state index in [1.165, 1.54) is 30.5 Å². The van der Waals surface area contributed by atoms with E-state index in [9.17, 15) is 13.6 Å². The standard InChI is InChI=1S/C20H20ClF2N5O2/c1-3-10-28(2)18-16(17-8-9-25-27-17)11-13(12-24-18)19(29)26-14-4-6-15(7-5-14)30-20(21,22)23/h4-9,11-12H,3,10H2,1-2H3,(H,25,27)(H,26,29). The van der Waals surface area contributed by atoms with Crippen LogP contribution in [-0.4, -0.2) is 40.2 Å². The van der Waals surface area contributed by atoms with Gasteiger partial charge in [0.25, 0.3) is 5.91 Å². The Balaban J connectivity index is 1.81. The number of aromatic amines is 1. The summed E-state index contributed by atoms with van der Waals surface area (Å²) in [6.45, 7) is 2.87. The van der Waals surface area contributed by atoms with Gasteiger partial charge in [-0.15, -0.1) is 8.78 Å². The molecule has 7 nitrogen and oxygen atoms in total. The van der Waals surface area contributed by atoms with E-state index in [4.69, 9.17) is 11.6 Å². The average molecular weight is 436 g/mol. The smallest absolute Gasteiger partial charge is 0.420 e. The first kappa shape index (κ1) is 21.5. The van der Waals surface area contributed by atoms with Crippen LogP contribution in [0.2, 0.25) is 0 Å². The van der Waals surface area contributed by atoms with E-state index in [1.807, 2.05) is 11.9 Å². The average Bonchev–Trinajstić information content (AvgIpc) is 3.23. The highest BCUT2D eigenvalue weighted by molar-refractivity contribution is 6.20. The molecule has 0 aliphatic heterocycles. The fraction of sp³-hybridized carbons (Fsp3) is 0.250. The van der Waals surface area contributed by atoms with Crippen molar-refractivity contribution < 1.29 is 18.3 Å². The van der Waals surface area contributed by atoms with Gasteiger partial charge in [-0.1, -0.05) is 6.92 Å². The molecule has 10 heteroatoms. The fourth-order valence-electron chi connectivity index (χ4n) is 2.87. The zero-order valence-corrected chi connectivity index (χ0v) is 17.1. The first-order valence-electron chi connectivity index (χ1n) is 9.15. The molecule has 3 rings (SSSR count). The van der Waals surface area contributed by atoms with E-state index < -0.39 is 11.5 Å². The minimum Gasteiger partial charge on any atom is -0.420 e. The second kappa shape index (κ2) is 9.08. The molecule has 2 aromatic heterocycles. The third-order valence-corrected chi connectivity index (χ3v) is 4.26. The number of amides is 1. The largest absolute Gasteiger partial charge is 0.487 e. The summed E-state index contributed by atoms with van der Waals surface area (Å²) >= 11 is 4.74. The molecule has 2 N–H and O–H groups in total. The number of benzene rings is 1. The number of hydrogen-bond acceptors (Lipinski definition) is 5.